The molecule has 1 fully saturated rings. The van der Waals surface area contributed by atoms with Gasteiger partial charge in [-0.3, -0.25) is 0 Å². The van der Waals surface area contributed by atoms with Crippen molar-refractivity contribution >= 4 is 0 Å². The van der Waals surface area contributed by atoms with Gasteiger partial charge in [-0.2, -0.15) is 0 Å². The largest absolute Gasteiger partial charge is 0.316 e. The molecule has 0 bridgehead atoms. The van der Waals surface area contributed by atoms with Crippen LogP contribution in [0.3, 0.4) is 0 Å². The minimum absolute atomic E-state index is 0.170. The van der Waals surface area contributed by atoms with Gasteiger partial charge in [0.2, 0.25) is 5.92 Å². The van der Waals surface area contributed by atoms with Crippen molar-refractivity contribution < 1.29 is 8.78 Å². The van der Waals surface area contributed by atoms with E-state index in [1.807, 2.05) is 24.3 Å². The van der Waals surface area contributed by atoms with E-state index in [4.69, 9.17) is 0 Å². The summed E-state index contributed by atoms with van der Waals surface area (Å²) in [4.78, 5) is 0. The maximum Gasteiger partial charge on any atom is 0.249 e. The summed E-state index contributed by atoms with van der Waals surface area (Å²) >= 11 is 0. The quantitative estimate of drug-likeness (QED) is 0.834. The molecule has 1 heterocycles. The van der Waals surface area contributed by atoms with Crippen LogP contribution in [0.1, 0.15) is 30.4 Å². The van der Waals surface area contributed by atoms with E-state index >= 15 is 0 Å². The van der Waals surface area contributed by atoms with Crippen LogP contribution in [0.4, 0.5) is 8.78 Å². The van der Waals surface area contributed by atoms with Crippen molar-refractivity contribution in [1.29, 1.82) is 0 Å². The SMILES string of the molecule is CC(F)(F)Cc1ccc(C2CCNC2)cc1. The fraction of sp³-hybridized carbons (Fsp3) is 0.538. The van der Waals surface area contributed by atoms with Crippen molar-refractivity contribution in [2.75, 3.05) is 13.1 Å². The van der Waals surface area contributed by atoms with E-state index in [1.165, 1.54) is 5.56 Å². The Bertz CT molecular complexity index is 334. The van der Waals surface area contributed by atoms with Crippen molar-refractivity contribution in [3.05, 3.63) is 35.4 Å². The second-order valence-corrected chi connectivity index (χ2v) is 4.68. The van der Waals surface area contributed by atoms with E-state index in [9.17, 15) is 8.78 Å². The first-order chi connectivity index (χ1) is 7.54. The molecule has 1 aliphatic rings. The number of halogens is 2. The van der Waals surface area contributed by atoms with Gasteiger partial charge >= 0.3 is 0 Å². The smallest absolute Gasteiger partial charge is 0.249 e. The van der Waals surface area contributed by atoms with Gasteiger partial charge in [0.15, 0.2) is 0 Å². The van der Waals surface area contributed by atoms with Gasteiger partial charge in [0.05, 0.1) is 0 Å². The van der Waals surface area contributed by atoms with E-state index in [0.29, 0.717) is 11.5 Å². The van der Waals surface area contributed by atoms with E-state index < -0.39 is 5.92 Å². The minimum atomic E-state index is -2.61. The van der Waals surface area contributed by atoms with Crippen LogP contribution in [-0.2, 0) is 6.42 Å². The Morgan fingerprint density at radius 3 is 2.50 bits per heavy atom. The summed E-state index contributed by atoms with van der Waals surface area (Å²) in [6.45, 7) is 3.02. The molecule has 2 rings (SSSR count). The third-order valence-electron chi connectivity index (χ3n) is 3.03. The zero-order valence-electron chi connectivity index (χ0n) is 9.47. The molecule has 0 saturated carbocycles. The fourth-order valence-electron chi connectivity index (χ4n) is 2.21. The summed E-state index contributed by atoms with van der Waals surface area (Å²) in [5, 5.41) is 3.30. The normalized spacial score (nSPS) is 21.3. The lowest BCUT2D eigenvalue weighted by Gasteiger charge is -2.12. The van der Waals surface area contributed by atoms with Gasteiger partial charge in [-0.25, -0.2) is 8.78 Å². The first-order valence-corrected chi connectivity index (χ1v) is 5.72. The number of benzene rings is 1. The number of hydrogen-bond acceptors (Lipinski definition) is 1. The zero-order chi connectivity index (χ0) is 11.6. The summed E-state index contributed by atoms with van der Waals surface area (Å²) < 4.78 is 25.6. The predicted molar refractivity (Wildman–Crippen MR) is 61.0 cm³/mol. The van der Waals surface area contributed by atoms with Crippen molar-refractivity contribution in [2.45, 2.75) is 31.6 Å². The average molecular weight is 225 g/mol. The Balaban J connectivity index is 2.04. The van der Waals surface area contributed by atoms with Gasteiger partial charge in [-0.05, 0) is 36.9 Å². The maximum atomic E-state index is 12.8. The highest BCUT2D eigenvalue weighted by Crippen LogP contribution is 2.24. The molecule has 0 amide bonds. The molecule has 3 heteroatoms. The van der Waals surface area contributed by atoms with Crippen LogP contribution in [-0.4, -0.2) is 19.0 Å². The van der Waals surface area contributed by atoms with Gasteiger partial charge in [0.25, 0.3) is 0 Å². The van der Waals surface area contributed by atoms with E-state index in [0.717, 1.165) is 26.4 Å². The molecule has 88 valence electrons. The highest BCUT2D eigenvalue weighted by atomic mass is 19.3. The van der Waals surface area contributed by atoms with E-state index in [2.05, 4.69) is 5.32 Å². The molecule has 1 nitrogen and oxygen atoms in total. The second kappa shape index (κ2) is 4.50. The van der Waals surface area contributed by atoms with E-state index in [1.54, 1.807) is 0 Å². The number of hydrogen-bond donors (Lipinski definition) is 1. The van der Waals surface area contributed by atoms with Gasteiger partial charge in [-0.1, -0.05) is 24.3 Å². The fourth-order valence-corrected chi connectivity index (χ4v) is 2.21. The van der Waals surface area contributed by atoms with E-state index in [-0.39, 0.29) is 6.42 Å². The Labute approximate surface area is 94.9 Å². The van der Waals surface area contributed by atoms with Crippen LogP contribution in [0.15, 0.2) is 24.3 Å². The number of rotatable bonds is 3. The average Bonchev–Trinajstić information content (AvgIpc) is 2.69. The predicted octanol–water partition coefficient (Wildman–Crippen LogP) is 2.96. The number of alkyl halides is 2. The second-order valence-electron chi connectivity index (χ2n) is 4.68. The highest BCUT2D eigenvalue weighted by molar-refractivity contribution is 5.27. The molecule has 16 heavy (non-hydrogen) atoms. The molecule has 1 aliphatic heterocycles. The Hall–Kier alpha value is -0.960. The zero-order valence-corrected chi connectivity index (χ0v) is 9.47. The number of nitrogens with one attached hydrogen (secondary N) is 1. The van der Waals surface area contributed by atoms with Crippen LogP contribution in [0.2, 0.25) is 0 Å². The molecular weight excluding hydrogens is 208 g/mol. The monoisotopic (exact) mass is 225 g/mol. The lowest BCUT2D eigenvalue weighted by molar-refractivity contribution is 0.0226. The first-order valence-electron chi connectivity index (χ1n) is 5.72. The molecule has 1 aromatic rings. The molecule has 0 radical (unpaired) electrons. The molecule has 0 aliphatic carbocycles. The summed E-state index contributed by atoms with van der Waals surface area (Å²) in [5.74, 6) is -2.06. The lowest BCUT2D eigenvalue weighted by atomic mass is 9.96. The molecule has 1 unspecified atom stereocenters. The molecule has 1 N–H and O–H groups in total. The van der Waals surface area contributed by atoms with Crippen LogP contribution in [0.25, 0.3) is 0 Å². The summed E-state index contributed by atoms with van der Waals surface area (Å²) in [5.41, 5.74) is 1.97. The Morgan fingerprint density at radius 1 is 1.31 bits per heavy atom. The van der Waals surface area contributed by atoms with Crippen molar-refractivity contribution in [1.82, 2.24) is 5.32 Å². The summed E-state index contributed by atoms with van der Waals surface area (Å²) in [7, 11) is 0. The highest BCUT2D eigenvalue weighted by Gasteiger charge is 2.22. The van der Waals surface area contributed by atoms with Gasteiger partial charge in [0, 0.05) is 13.0 Å². The topological polar surface area (TPSA) is 12.0 Å². The Morgan fingerprint density at radius 2 is 2.00 bits per heavy atom. The van der Waals surface area contributed by atoms with Crippen LogP contribution in [0.5, 0.6) is 0 Å². The minimum Gasteiger partial charge on any atom is -0.316 e. The first kappa shape index (κ1) is 11.5. The summed E-state index contributed by atoms with van der Waals surface area (Å²) in [6.07, 6.45) is 0.972. The molecular formula is C13H17F2N. The lowest BCUT2D eigenvalue weighted by Crippen LogP contribution is -2.13. The molecule has 1 saturated heterocycles. The third-order valence-corrected chi connectivity index (χ3v) is 3.03. The molecule has 1 atom stereocenters. The molecule has 0 aromatic heterocycles. The molecule has 1 aromatic carbocycles. The molecule has 0 spiro atoms. The van der Waals surface area contributed by atoms with Crippen LogP contribution < -0.4 is 5.32 Å². The van der Waals surface area contributed by atoms with Crippen LogP contribution >= 0.6 is 0 Å². The van der Waals surface area contributed by atoms with Crippen molar-refractivity contribution in [3.63, 3.8) is 0 Å². The van der Waals surface area contributed by atoms with Crippen molar-refractivity contribution in [3.8, 4) is 0 Å². The van der Waals surface area contributed by atoms with Crippen molar-refractivity contribution in [2.24, 2.45) is 0 Å². The standard InChI is InChI=1S/C13H17F2N/c1-13(14,15)8-10-2-4-11(5-3-10)12-6-7-16-9-12/h2-5,12,16H,6-9H2,1H3. The van der Waals surface area contributed by atoms with Crippen LogP contribution in [0, 0.1) is 0 Å². The van der Waals surface area contributed by atoms with Gasteiger partial charge in [-0.15, -0.1) is 0 Å². The van der Waals surface area contributed by atoms with Gasteiger partial charge in [0.1, 0.15) is 0 Å². The maximum absolute atomic E-state index is 12.8. The van der Waals surface area contributed by atoms with Gasteiger partial charge < -0.3 is 5.32 Å². The Kier molecular flexibility index (Phi) is 3.24. The third kappa shape index (κ3) is 3.01. The summed E-state index contributed by atoms with van der Waals surface area (Å²) in [6, 6.07) is 7.62.